The normalized spacial score (nSPS) is 11.3. The van der Waals surface area contributed by atoms with Crippen LogP contribution in [-0.4, -0.2) is 32.4 Å². The Kier molecular flexibility index (Phi) is 7.42. The number of hydrogen-bond donors (Lipinski definition) is 2. The number of rotatable bonds is 9. The van der Waals surface area contributed by atoms with Crippen LogP contribution in [0.3, 0.4) is 0 Å². The van der Waals surface area contributed by atoms with E-state index in [-0.39, 0.29) is 36.2 Å². The monoisotopic (exact) mass is 459 g/mol. The second kappa shape index (κ2) is 10.0. The molecule has 0 saturated carbocycles. The van der Waals surface area contributed by atoms with Gasteiger partial charge in [-0.2, -0.15) is 0 Å². The fourth-order valence-electron chi connectivity index (χ4n) is 2.90. The second-order valence-corrected chi connectivity index (χ2v) is 9.91. The molecule has 3 rings (SSSR count). The van der Waals surface area contributed by atoms with E-state index in [2.05, 4.69) is 21.1 Å². The summed E-state index contributed by atoms with van der Waals surface area (Å²) in [5, 5.41) is 5.01. The molecular formula is C22H25N3O4S2. The summed E-state index contributed by atoms with van der Waals surface area (Å²) in [7, 11) is -3.61. The van der Waals surface area contributed by atoms with Gasteiger partial charge >= 0.3 is 0 Å². The van der Waals surface area contributed by atoms with Crippen LogP contribution in [0.4, 0.5) is 0 Å². The van der Waals surface area contributed by atoms with Crippen molar-refractivity contribution in [1.29, 1.82) is 0 Å². The number of aryl methyl sites for hydroxylation is 3. The zero-order valence-corrected chi connectivity index (χ0v) is 19.3. The van der Waals surface area contributed by atoms with Crippen molar-refractivity contribution < 1.29 is 17.9 Å². The topological polar surface area (TPSA) is 97.4 Å². The molecule has 0 spiro atoms. The number of nitrogens with zero attached hydrogens (tertiary/aromatic N) is 1. The van der Waals surface area contributed by atoms with E-state index in [9.17, 15) is 13.2 Å². The minimum absolute atomic E-state index is 0.0781. The average molecular weight is 460 g/mol. The molecule has 9 heteroatoms. The Morgan fingerprint density at radius 3 is 2.35 bits per heavy atom. The third kappa shape index (κ3) is 6.61. The first-order valence-electron chi connectivity index (χ1n) is 9.73. The van der Waals surface area contributed by atoms with Crippen LogP contribution in [-0.2, 0) is 16.6 Å². The number of aromatic nitrogens is 1. The van der Waals surface area contributed by atoms with Gasteiger partial charge in [0.15, 0.2) is 0 Å². The van der Waals surface area contributed by atoms with Gasteiger partial charge in [-0.15, -0.1) is 11.3 Å². The highest BCUT2D eigenvalue weighted by Gasteiger charge is 2.14. The third-order valence-electron chi connectivity index (χ3n) is 4.38. The van der Waals surface area contributed by atoms with Crippen molar-refractivity contribution in [2.75, 3.05) is 13.1 Å². The number of carbonyl (C=O) groups excluding carboxylic acids is 1. The molecule has 0 atom stereocenters. The van der Waals surface area contributed by atoms with E-state index >= 15 is 0 Å². The van der Waals surface area contributed by atoms with Gasteiger partial charge in [0, 0.05) is 18.5 Å². The van der Waals surface area contributed by atoms with Crippen LogP contribution in [0.15, 0.2) is 52.7 Å². The molecule has 164 valence electrons. The molecule has 0 saturated heterocycles. The molecule has 2 N–H and O–H groups in total. The SMILES string of the molecule is Cc1ccc(S(=O)(=O)NCCNC(=O)c2csc(COc3cc(C)cc(C)c3)n2)cc1. The highest BCUT2D eigenvalue weighted by atomic mass is 32.2. The maximum atomic E-state index is 12.3. The van der Waals surface area contributed by atoms with Gasteiger partial charge in [0.05, 0.1) is 4.90 Å². The van der Waals surface area contributed by atoms with Gasteiger partial charge in [-0.05, 0) is 56.2 Å². The number of benzene rings is 2. The smallest absolute Gasteiger partial charge is 0.270 e. The molecule has 0 aliphatic rings. The minimum atomic E-state index is -3.61. The highest BCUT2D eigenvalue weighted by Crippen LogP contribution is 2.19. The lowest BCUT2D eigenvalue weighted by atomic mass is 10.1. The first-order chi connectivity index (χ1) is 14.7. The van der Waals surface area contributed by atoms with Crippen molar-refractivity contribution >= 4 is 27.3 Å². The standard InChI is InChI=1S/C22H25N3O4S2/c1-15-4-6-19(7-5-15)31(27,28)24-9-8-23-22(26)20-14-30-21(25-20)13-29-18-11-16(2)10-17(3)12-18/h4-7,10-12,14,24H,8-9,13H2,1-3H3,(H,23,26). The quantitative estimate of drug-likeness (QED) is 0.478. The summed E-state index contributed by atoms with van der Waals surface area (Å²) in [6, 6.07) is 12.5. The summed E-state index contributed by atoms with van der Waals surface area (Å²) in [5.41, 5.74) is 3.50. The lowest BCUT2D eigenvalue weighted by Crippen LogP contribution is -2.34. The molecular weight excluding hydrogens is 434 g/mol. The fourth-order valence-corrected chi connectivity index (χ4v) is 4.61. The summed E-state index contributed by atoms with van der Waals surface area (Å²) in [5.74, 6) is 0.406. The van der Waals surface area contributed by atoms with Crippen LogP contribution in [0.2, 0.25) is 0 Å². The van der Waals surface area contributed by atoms with Crippen molar-refractivity contribution in [3.8, 4) is 5.75 Å². The molecule has 31 heavy (non-hydrogen) atoms. The Hall–Kier alpha value is -2.75. The maximum absolute atomic E-state index is 12.3. The van der Waals surface area contributed by atoms with E-state index in [1.807, 2.05) is 32.9 Å². The highest BCUT2D eigenvalue weighted by molar-refractivity contribution is 7.89. The Bertz CT molecular complexity index is 1140. The molecule has 1 heterocycles. The van der Waals surface area contributed by atoms with E-state index in [1.165, 1.54) is 11.3 Å². The fraction of sp³-hybridized carbons (Fsp3) is 0.273. The van der Waals surface area contributed by atoms with Crippen molar-refractivity contribution in [3.63, 3.8) is 0 Å². The molecule has 0 fully saturated rings. The van der Waals surface area contributed by atoms with Crippen LogP contribution in [0.5, 0.6) is 5.75 Å². The Labute approximate surface area is 186 Å². The van der Waals surface area contributed by atoms with Crippen LogP contribution in [0.1, 0.15) is 32.2 Å². The molecule has 1 aromatic heterocycles. The predicted molar refractivity (Wildman–Crippen MR) is 121 cm³/mol. The van der Waals surface area contributed by atoms with Gasteiger partial charge in [0.1, 0.15) is 23.1 Å². The van der Waals surface area contributed by atoms with Gasteiger partial charge in [0.2, 0.25) is 10.0 Å². The molecule has 0 aliphatic heterocycles. The van der Waals surface area contributed by atoms with Gasteiger partial charge in [-0.1, -0.05) is 23.8 Å². The van der Waals surface area contributed by atoms with E-state index in [4.69, 9.17) is 4.74 Å². The molecule has 0 bridgehead atoms. The van der Waals surface area contributed by atoms with E-state index in [0.29, 0.717) is 5.01 Å². The number of thiazole rings is 1. The van der Waals surface area contributed by atoms with Gasteiger partial charge < -0.3 is 10.1 Å². The largest absolute Gasteiger partial charge is 0.486 e. The number of nitrogens with one attached hydrogen (secondary N) is 2. The maximum Gasteiger partial charge on any atom is 0.270 e. The Balaban J connectivity index is 1.46. The number of ether oxygens (including phenoxy) is 1. The third-order valence-corrected chi connectivity index (χ3v) is 6.68. The summed E-state index contributed by atoms with van der Waals surface area (Å²) in [6.45, 7) is 6.40. The number of amides is 1. The molecule has 3 aromatic rings. The molecule has 0 aliphatic carbocycles. The molecule has 7 nitrogen and oxygen atoms in total. The van der Waals surface area contributed by atoms with Crippen molar-refractivity contribution in [2.45, 2.75) is 32.3 Å². The number of carbonyl (C=O) groups is 1. The van der Waals surface area contributed by atoms with Gasteiger partial charge in [0.25, 0.3) is 5.91 Å². The zero-order valence-electron chi connectivity index (χ0n) is 17.6. The van der Waals surface area contributed by atoms with E-state index in [0.717, 1.165) is 22.4 Å². The zero-order chi connectivity index (χ0) is 22.4. The summed E-state index contributed by atoms with van der Waals surface area (Å²) in [6.07, 6.45) is 0. The first-order valence-corrected chi connectivity index (χ1v) is 12.1. The van der Waals surface area contributed by atoms with Crippen molar-refractivity contribution in [3.05, 3.63) is 75.2 Å². The minimum Gasteiger partial charge on any atom is -0.486 e. The predicted octanol–water partition coefficient (Wildman–Crippen LogP) is 3.36. The molecule has 0 radical (unpaired) electrons. The molecule has 2 aromatic carbocycles. The summed E-state index contributed by atoms with van der Waals surface area (Å²) in [4.78, 5) is 16.8. The number of sulfonamides is 1. The van der Waals surface area contributed by atoms with Gasteiger partial charge in [-0.3, -0.25) is 4.79 Å². The second-order valence-electron chi connectivity index (χ2n) is 7.21. The first kappa shape index (κ1) is 22.9. The van der Waals surface area contributed by atoms with Crippen molar-refractivity contribution in [2.24, 2.45) is 0 Å². The Morgan fingerprint density at radius 1 is 1.00 bits per heavy atom. The summed E-state index contributed by atoms with van der Waals surface area (Å²) >= 11 is 1.34. The van der Waals surface area contributed by atoms with Crippen LogP contribution < -0.4 is 14.8 Å². The van der Waals surface area contributed by atoms with Crippen LogP contribution in [0, 0.1) is 20.8 Å². The molecule has 1 amide bonds. The van der Waals surface area contributed by atoms with Crippen molar-refractivity contribution in [1.82, 2.24) is 15.0 Å². The Morgan fingerprint density at radius 2 is 1.68 bits per heavy atom. The lowest BCUT2D eigenvalue weighted by molar-refractivity contribution is 0.0949. The van der Waals surface area contributed by atoms with Crippen LogP contribution in [0.25, 0.3) is 0 Å². The van der Waals surface area contributed by atoms with Crippen LogP contribution >= 0.6 is 11.3 Å². The lowest BCUT2D eigenvalue weighted by Gasteiger charge is -2.08. The van der Waals surface area contributed by atoms with Gasteiger partial charge in [-0.25, -0.2) is 18.1 Å². The number of hydrogen-bond acceptors (Lipinski definition) is 6. The summed E-state index contributed by atoms with van der Waals surface area (Å²) < 4.78 is 32.7. The average Bonchev–Trinajstić information content (AvgIpc) is 3.18. The molecule has 0 unspecified atom stereocenters. The van der Waals surface area contributed by atoms with E-state index < -0.39 is 10.0 Å². The van der Waals surface area contributed by atoms with E-state index in [1.54, 1.807) is 29.6 Å².